The maximum absolute atomic E-state index is 11.8. The summed E-state index contributed by atoms with van der Waals surface area (Å²) in [6.07, 6.45) is 3.46. The van der Waals surface area contributed by atoms with Crippen LogP contribution in [0.1, 0.15) is 31.2 Å². The Balaban J connectivity index is 0.00000112. The molecule has 1 fully saturated rings. The van der Waals surface area contributed by atoms with E-state index in [1.54, 1.807) is 0 Å². The third-order valence-corrected chi connectivity index (χ3v) is 3.01. The van der Waals surface area contributed by atoms with Crippen LogP contribution in [0.25, 0.3) is 0 Å². The third kappa shape index (κ3) is 2.21. The molecule has 0 bridgehead atoms. The highest BCUT2D eigenvalue weighted by Crippen LogP contribution is 2.31. The number of halogens is 1. The minimum Gasteiger partial charge on any atom is -0.315 e. The first kappa shape index (κ1) is 12.2. The molecule has 1 unspecified atom stereocenters. The van der Waals surface area contributed by atoms with Gasteiger partial charge in [0.1, 0.15) is 5.54 Å². The van der Waals surface area contributed by atoms with Crippen molar-refractivity contribution in [2.75, 3.05) is 0 Å². The summed E-state index contributed by atoms with van der Waals surface area (Å²) < 4.78 is 0. The van der Waals surface area contributed by atoms with Gasteiger partial charge in [-0.05, 0) is 18.4 Å². The van der Waals surface area contributed by atoms with Gasteiger partial charge < -0.3 is 5.73 Å². The minimum absolute atomic E-state index is 0. The molecule has 0 spiro atoms. The van der Waals surface area contributed by atoms with E-state index in [1.165, 1.54) is 0 Å². The zero-order valence-electron chi connectivity index (χ0n) is 8.61. The van der Waals surface area contributed by atoms with Crippen LogP contribution < -0.4 is 5.73 Å². The summed E-state index contributed by atoms with van der Waals surface area (Å²) in [5.74, 6) is 0.190. The molecule has 2 N–H and O–H groups in total. The van der Waals surface area contributed by atoms with Gasteiger partial charge in [0, 0.05) is 6.42 Å². The van der Waals surface area contributed by atoms with Crippen molar-refractivity contribution in [1.82, 2.24) is 0 Å². The first-order chi connectivity index (χ1) is 6.73. The molecule has 15 heavy (non-hydrogen) atoms. The number of carbonyl (C=O) groups is 1. The summed E-state index contributed by atoms with van der Waals surface area (Å²) in [7, 11) is 0. The third-order valence-electron chi connectivity index (χ3n) is 3.01. The molecule has 0 aliphatic heterocycles. The molecular formula is C12H16ClNO. The van der Waals surface area contributed by atoms with E-state index < -0.39 is 5.54 Å². The van der Waals surface area contributed by atoms with Gasteiger partial charge in [0.25, 0.3) is 0 Å². The summed E-state index contributed by atoms with van der Waals surface area (Å²) in [5.41, 5.74) is 6.43. The Morgan fingerprint density at radius 1 is 1.13 bits per heavy atom. The number of rotatable bonds is 1. The second-order valence-corrected chi connectivity index (χ2v) is 3.97. The molecule has 2 nitrogen and oxygen atoms in total. The van der Waals surface area contributed by atoms with Crippen LogP contribution in [0, 0.1) is 0 Å². The average Bonchev–Trinajstić information content (AvgIpc) is 2.24. The monoisotopic (exact) mass is 225 g/mol. The zero-order valence-corrected chi connectivity index (χ0v) is 9.43. The Bertz CT molecular complexity index is 339. The first-order valence-corrected chi connectivity index (χ1v) is 5.11. The van der Waals surface area contributed by atoms with Gasteiger partial charge in [-0.3, -0.25) is 4.79 Å². The SMILES string of the molecule is Cl.NC1(c2ccccc2)CCCCC1=O. The molecule has 1 aliphatic rings. The lowest BCUT2D eigenvalue weighted by molar-refractivity contribution is -0.126. The van der Waals surface area contributed by atoms with Crippen LogP contribution in [0.2, 0.25) is 0 Å². The van der Waals surface area contributed by atoms with E-state index in [1.807, 2.05) is 30.3 Å². The highest BCUT2D eigenvalue weighted by molar-refractivity contribution is 5.90. The van der Waals surface area contributed by atoms with Gasteiger partial charge in [-0.25, -0.2) is 0 Å². The molecule has 1 aromatic carbocycles. The molecule has 0 aromatic heterocycles. The molecular weight excluding hydrogens is 210 g/mol. The van der Waals surface area contributed by atoms with Crippen LogP contribution >= 0.6 is 12.4 Å². The average molecular weight is 226 g/mol. The summed E-state index contributed by atoms with van der Waals surface area (Å²) in [5, 5.41) is 0. The van der Waals surface area contributed by atoms with Crippen LogP contribution in [0.3, 0.4) is 0 Å². The summed E-state index contributed by atoms with van der Waals surface area (Å²) in [6, 6.07) is 9.71. The molecule has 1 atom stereocenters. The van der Waals surface area contributed by atoms with E-state index in [4.69, 9.17) is 5.73 Å². The van der Waals surface area contributed by atoms with Gasteiger partial charge in [-0.2, -0.15) is 0 Å². The van der Waals surface area contributed by atoms with Gasteiger partial charge in [-0.1, -0.05) is 36.8 Å². The maximum atomic E-state index is 11.8. The topological polar surface area (TPSA) is 43.1 Å². The highest BCUT2D eigenvalue weighted by Gasteiger charge is 2.36. The van der Waals surface area contributed by atoms with E-state index in [2.05, 4.69) is 0 Å². The molecule has 1 aliphatic carbocycles. The molecule has 0 saturated heterocycles. The van der Waals surface area contributed by atoms with Crippen molar-refractivity contribution in [3.05, 3.63) is 35.9 Å². The second-order valence-electron chi connectivity index (χ2n) is 3.97. The molecule has 0 radical (unpaired) electrons. The lowest BCUT2D eigenvalue weighted by Crippen LogP contribution is -2.46. The van der Waals surface area contributed by atoms with Crippen molar-refractivity contribution in [1.29, 1.82) is 0 Å². The van der Waals surface area contributed by atoms with Crippen molar-refractivity contribution < 1.29 is 4.79 Å². The number of Topliss-reactive ketones (excluding diaryl/α,β-unsaturated/α-hetero) is 1. The minimum atomic E-state index is -0.709. The van der Waals surface area contributed by atoms with Gasteiger partial charge in [-0.15, -0.1) is 12.4 Å². The van der Waals surface area contributed by atoms with E-state index in [0.29, 0.717) is 6.42 Å². The van der Waals surface area contributed by atoms with E-state index >= 15 is 0 Å². The number of hydrogen-bond donors (Lipinski definition) is 1. The van der Waals surface area contributed by atoms with Crippen LogP contribution in [-0.2, 0) is 10.3 Å². The molecule has 0 heterocycles. The van der Waals surface area contributed by atoms with Crippen molar-refractivity contribution in [2.45, 2.75) is 31.2 Å². The lowest BCUT2D eigenvalue weighted by atomic mass is 9.76. The first-order valence-electron chi connectivity index (χ1n) is 5.11. The number of benzene rings is 1. The summed E-state index contributed by atoms with van der Waals surface area (Å²) in [6.45, 7) is 0. The number of ketones is 1. The van der Waals surface area contributed by atoms with Crippen molar-refractivity contribution in [3.8, 4) is 0 Å². The Morgan fingerprint density at radius 3 is 2.40 bits per heavy atom. The number of hydrogen-bond acceptors (Lipinski definition) is 2. The fourth-order valence-electron chi connectivity index (χ4n) is 2.09. The fourth-order valence-corrected chi connectivity index (χ4v) is 2.09. The van der Waals surface area contributed by atoms with Crippen LogP contribution in [0.5, 0.6) is 0 Å². The lowest BCUT2D eigenvalue weighted by Gasteiger charge is -2.32. The molecule has 1 aromatic rings. The number of carbonyl (C=O) groups excluding carboxylic acids is 1. The van der Waals surface area contributed by atoms with E-state index in [0.717, 1.165) is 24.8 Å². The Kier molecular flexibility index (Phi) is 3.89. The Hall–Kier alpha value is -0.860. The van der Waals surface area contributed by atoms with Crippen molar-refractivity contribution in [2.24, 2.45) is 5.73 Å². The standard InChI is InChI=1S/C12H15NO.ClH/c13-12(9-5-4-8-11(12)14)10-6-2-1-3-7-10;/h1-3,6-7H,4-5,8-9,13H2;1H. The highest BCUT2D eigenvalue weighted by atomic mass is 35.5. The van der Waals surface area contributed by atoms with Crippen LogP contribution in [0.15, 0.2) is 30.3 Å². The van der Waals surface area contributed by atoms with Crippen molar-refractivity contribution in [3.63, 3.8) is 0 Å². The summed E-state index contributed by atoms with van der Waals surface area (Å²) >= 11 is 0. The zero-order chi connectivity index (χ0) is 10.0. The van der Waals surface area contributed by atoms with Gasteiger partial charge in [0.2, 0.25) is 0 Å². The molecule has 2 rings (SSSR count). The van der Waals surface area contributed by atoms with Crippen LogP contribution in [-0.4, -0.2) is 5.78 Å². The smallest absolute Gasteiger partial charge is 0.157 e. The largest absolute Gasteiger partial charge is 0.315 e. The summed E-state index contributed by atoms with van der Waals surface area (Å²) in [4.78, 5) is 11.8. The van der Waals surface area contributed by atoms with E-state index in [9.17, 15) is 4.79 Å². The van der Waals surface area contributed by atoms with Gasteiger partial charge in [0.05, 0.1) is 0 Å². The fraction of sp³-hybridized carbons (Fsp3) is 0.417. The Morgan fingerprint density at radius 2 is 1.80 bits per heavy atom. The van der Waals surface area contributed by atoms with E-state index in [-0.39, 0.29) is 18.2 Å². The predicted octanol–water partition coefficient (Wildman–Crippen LogP) is 2.41. The van der Waals surface area contributed by atoms with Crippen LogP contribution in [0.4, 0.5) is 0 Å². The molecule has 3 heteroatoms. The van der Waals surface area contributed by atoms with Crippen molar-refractivity contribution >= 4 is 18.2 Å². The second kappa shape index (κ2) is 4.77. The van der Waals surface area contributed by atoms with Gasteiger partial charge >= 0.3 is 0 Å². The number of nitrogens with two attached hydrogens (primary N) is 1. The predicted molar refractivity (Wildman–Crippen MR) is 63.0 cm³/mol. The Labute approximate surface area is 96.3 Å². The quantitative estimate of drug-likeness (QED) is 0.798. The normalized spacial score (nSPS) is 25.8. The molecule has 0 amide bonds. The molecule has 82 valence electrons. The maximum Gasteiger partial charge on any atom is 0.157 e. The molecule has 1 saturated carbocycles. The van der Waals surface area contributed by atoms with Gasteiger partial charge in [0.15, 0.2) is 5.78 Å².